The van der Waals surface area contributed by atoms with Crippen LogP contribution in [0, 0.1) is 0 Å². The number of hydrogen-bond donors (Lipinski definition) is 1. The second-order valence-corrected chi connectivity index (χ2v) is 6.30. The first-order valence-electron chi connectivity index (χ1n) is 8.55. The van der Waals surface area contributed by atoms with E-state index in [1.54, 1.807) is 30.3 Å². The minimum atomic E-state index is -2.79. The molecule has 8 nitrogen and oxygen atoms in total. The van der Waals surface area contributed by atoms with Crippen molar-refractivity contribution < 1.29 is 18.3 Å². The molecule has 1 N–H and O–H groups in total. The van der Waals surface area contributed by atoms with Crippen LogP contribution in [0.25, 0.3) is 11.5 Å². The highest BCUT2D eigenvalue weighted by Gasteiger charge is 2.50. The molecule has 144 valence electrons. The van der Waals surface area contributed by atoms with E-state index in [2.05, 4.69) is 25.5 Å². The molecule has 3 aromatic rings. The highest BCUT2D eigenvalue weighted by molar-refractivity contribution is 6.05. The van der Waals surface area contributed by atoms with E-state index in [-0.39, 0.29) is 29.5 Å². The number of pyridine rings is 2. The lowest BCUT2D eigenvalue weighted by atomic mass is 9.87. The van der Waals surface area contributed by atoms with E-state index in [0.717, 1.165) is 0 Å². The van der Waals surface area contributed by atoms with Crippen LogP contribution in [0.1, 0.15) is 29.2 Å². The highest BCUT2D eigenvalue weighted by Crippen LogP contribution is 2.47. The van der Waals surface area contributed by atoms with Gasteiger partial charge in [0.1, 0.15) is 29.4 Å². The molecule has 1 aliphatic rings. The van der Waals surface area contributed by atoms with Gasteiger partial charge >= 0.3 is 0 Å². The summed E-state index contributed by atoms with van der Waals surface area (Å²) in [5.41, 5.74) is 0.575. The van der Waals surface area contributed by atoms with Crippen LogP contribution >= 0.6 is 0 Å². The van der Waals surface area contributed by atoms with Crippen LogP contribution < -0.4 is 10.1 Å². The number of rotatable bonds is 5. The molecule has 0 saturated heterocycles. The molecule has 1 aliphatic carbocycles. The Labute approximate surface area is 158 Å². The van der Waals surface area contributed by atoms with Crippen LogP contribution in [0.15, 0.2) is 42.9 Å². The standard InChI is InChI=1S/C18H16F2N6O2/c1-28-17-11(4-3-9-21-17)16(27)24-14-6-2-5-12(23-14)15-25-22-10-26(15)13-7-8-18(13,19)20/h2-6,9-10,13H,7-8H2,1H3,(H,23,24,27)/t13-/m1/s1. The molecule has 0 radical (unpaired) electrons. The molecule has 0 bridgehead atoms. The molecule has 1 saturated carbocycles. The minimum Gasteiger partial charge on any atom is -0.480 e. The van der Waals surface area contributed by atoms with Crippen molar-refractivity contribution in [2.75, 3.05) is 12.4 Å². The van der Waals surface area contributed by atoms with Gasteiger partial charge in [-0.3, -0.25) is 4.79 Å². The number of amides is 1. The summed E-state index contributed by atoms with van der Waals surface area (Å²) in [6, 6.07) is 7.05. The Morgan fingerprint density at radius 1 is 1.32 bits per heavy atom. The van der Waals surface area contributed by atoms with Gasteiger partial charge in [-0.15, -0.1) is 10.2 Å². The molecular formula is C18H16F2N6O2. The molecule has 0 unspecified atom stereocenters. The Bertz CT molecular complexity index is 1020. The molecule has 3 heterocycles. The zero-order valence-corrected chi connectivity index (χ0v) is 14.8. The first-order valence-corrected chi connectivity index (χ1v) is 8.55. The summed E-state index contributed by atoms with van der Waals surface area (Å²) in [5.74, 6) is -2.60. The number of nitrogens with one attached hydrogen (secondary N) is 1. The molecule has 1 fully saturated rings. The van der Waals surface area contributed by atoms with Crippen molar-refractivity contribution in [3.63, 3.8) is 0 Å². The molecule has 1 atom stereocenters. The van der Waals surface area contributed by atoms with E-state index in [1.165, 1.54) is 24.2 Å². The lowest BCUT2D eigenvalue weighted by molar-refractivity contribution is -0.122. The van der Waals surface area contributed by atoms with Gasteiger partial charge in [0.25, 0.3) is 11.8 Å². The fourth-order valence-electron chi connectivity index (χ4n) is 3.03. The van der Waals surface area contributed by atoms with Crippen LogP contribution in [-0.2, 0) is 0 Å². The first-order chi connectivity index (χ1) is 13.5. The van der Waals surface area contributed by atoms with Gasteiger partial charge in [0, 0.05) is 12.6 Å². The number of ether oxygens (including phenoxy) is 1. The van der Waals surface area contributed by atoms with Crippen LogP contribution in [0.5, 0.6) is 5.88 Å². The number of alkyl halides is 2. The maximum absolute atomic E-state index is 13.8. The molecule has 1 amide bonds. The number of aromatic nitrogens is 5. The zero-order valence-electron chi connectivity index (χ0n) is 14.8. The Morgan fingerprint density at radius 2 is 2.18 bits per heavy atom. The molecule has 28 heavy (non-hydrogen) atoms. The van der Waals surface area contributed by atoms with Gasteiger partial charge in [-0.1, -0.05) is 6.07 Å². The van der Waals surface area contributed by atoms with Crippen molar-refractivity contribution in [1.29, 1.82) is 0 Å². The number of carbonyl (C=O) groups is 1. The van der Waals surface area contributed by atoms with Crippen molar-refractivity contribution in [2.24, 2.45) is 0 Å². The maximum atomic E-state index is 13.8. The Balaban J connectivity index is 1.60. The molecule has 0 aromatic carbocycles. The molecule has 4 rings (SSSR count). The number of hydrogen-bond acceptors (Lipinski definition) is 6. The van der Waals surface area contributed by atoms with E-state index >= 15 is 0 Å². The summed E-state index contributed by atoms with van der Waals surface area (Å²) >= 11 is 0. The summed E-state index contributed by atoms with van der Waals surface area (Å²) in [5, 5.41) is 10.3. The lowest BCUT2D eigenvalue weighted by Crippen LogP contribution is -2.40. The van der Waals surface area contributed by atoms with Gasteiger partial charge in [-0.05, 0) is 30.7 Å². The summed E-state index contributed by atoms with van der Waals surface area (Å²) < 4.78 is 34.0. The summed E-state index contributed by atoms with van der Waals surface area (Å²) in [7, 11) is 1.42. The van der Waals surface area contributed by atoms with Crippen LogP contribution in [0.4, 0.5) is 14.6 Å². The quantitative estimate of drug-likeness (QED) is 0.724. The lowest BCUT2D eigenvalue weighted by Gasteiger charge is -2.37. The fourth-order valence-corrected chi connectivity index (χ4v) is 3.03. The molecular weight excluding hydrogens is 370 g/mol. The summed E-state index contributed by atoms with van der Waals surface area (Å²) in [6.07, 6.45) is 2.97. The number of carbonyl (C=O) groups excluding carboxylic acids is 1. The fraction of sp³-hybridized carbons (Fsp3) is 0.278. The van der Waals surface area contributed by atoms with Gasteiger partial charge in [-0.2, -0.15) is 0 Å². The predicted molar refractivity (Wildman–Crippen MR) is 95.2 cm³/mol. The second-order valence-electron chi connectivity index (χ2n) is 6.30. The van der Waals surface area contributed by atoms with Crippen molar-refractivity contribution in [2.45, 2.75) is 24.8 Å². The second kappa shape index (κ2) is 6.95. The van der Waals surface area contributed by atoms with E-state index in [0.29, 0.717) is 12.1 Å². The monoisotopic (exact) mass is 386 g/mol. The van der Waals surface area contributed by atoms with Crippen LogP contribution in [-0.4, -0.2) is 43.7 Å². The summed E-state index contributed by atoms with van der Waals surface area (Å²) in [4.78, 5) is 20.8. The smallest absolute Gasteiger partial charge is 0.268 e. The van der Waals surface area contributed by atoms with E-state index in [9.17, 15) is 13.6 Å². The largest absolute Gasteiger partial charge is 0.480 e. The Kier molecular flexibility index (Phi) is 4.46. The molecule has 0 spiro atoms. The third-order valence-electron chi connectivity index (χ3n) is 4.58. The van der Waals surface area contributed by atoms with Crippen LogP contribution in [0.3, 0.4) is 0 Å². The zero-order chi connectivity index (χ0) is 19.7. The van der Waals surface area contributed by atoms with E-state index in [4.69, 9.17) is 4.74 Å². The third kappa shape index (κ3) is 3.17. The molecule has 0 aliphatic heterocycles. The van der Waals surface area contributed by atoms with Gasteiger partial charge < -0.3 is 14.6 Å². The average Bonchev–Trinajstić information content (AvgIpc) is 3.16. The van der Waals surface area contributed by atoms with Crippen LogP contribution in [0.2, 0.25) is 0 Å². The first kappa shape index (κ1) is 18.0. The maximum Gasteiger partial charge on any atom is 0.268 e. The SMILES string of the molecule is COc1ncccc1C(=O)Nc1cccc(-c2nncn2[C@@H]2CCC2(F)F)n1. The number of methoxy groups -OCH3 is 1. The minimum absolute atomic E-state index is 0.161. The Morgan fingerprint density at radius 3 is 2.89 bits per heavy atom. The average molecular weight is 386 g/mol. The van der Waals surface area contributed by atoms with Gasteiger partial charge in [0.2, 0.25) is 5.88 Å². The van der Waals surface area contributed by atoms with E-state index in [1.807, 2.05) is 0 Å². The molecule has 3 aromatic heterocycles. The van der Waals surface area contributed by atoms with Gasteiger partial charge in [0.15, 0.2) is 5.82 Å². The topological polar surface area (TPSA) is 94.8 Å². The summed E-state index contributed by atoms with van der Waals surface area (Å²) in [6.45, 7) is 0. The number of nitrogens with zero attached hydrogens (tertiary/aromatic N) is 5. The number of halogens is 2. The van der Waals surface area contributed by atoms with Gasteiger partial charge in [-0.25, -0.2) is 18.7 Å². The van der Waals surface area contributed by atoms with Crippen molar-refractivity contribution in [3.05, 3.63) is 48.4 Å². The Hall–Kier alpha value is -3.43. The normalized spacial score (nSPS) is 17.6. The van der Waals surface area contributed by atoms with E-state index < -0.39 is 17.9 Å². The number of anilines is 1. The van der Waals surface area contributed by atoms with Crippen molar-refractivity contribution in [3.8, 4) is 17.4 Å². The van der Waals surface area contributed by atoms with Crippen molar-refractivity contribution >= 4 is 11.7 Å². The highest BCUT2D eigenvalue weighted by atomic mass is 19.3. The predicted octanol–water partition coefficient (Wildman–Crippen LogP) is 2.97. The van der Waals surface area contributed by atoms with Crippen molar-refractivity contribution in [1.82, 2.24) is 24.7 Å². The molecule has 10 heteroatoms. The van der Waals surface area contributed by atoms with Gasteiger partial charge in [0.05, 0.1) is 7.11 Å². The third-order valence-corrected chi connectivity index (χ3v) is 4.58.